The van der Waals surface area contributed by atoms with Crippen molar-refractivity contribution in [1.29, 1.82) is 0 Å². The molecule has 0 saturated heterocycles. The zero-order chi connectivity index (χ0) is 19.9. The van der Waals surface area contributed by atoms with E-state index in [1.807, 2.05) is 0 Å². The fraction of sp³-hybridized carbons (Fsp3) is 0.0588. The van der Waals surface area contributed by atoms with Gasteiger partial charge in [0.1, 0.15) is 12.1 Å². The van der Waals surface area contributed by atoms with E-state index in [1.54, 1.807) is 35.0 Å². The van der Waals surface area contributed by atoms with Crippen LogP contribution in [0, 0.1) is 0 Å². The summed E-state index contributed by atoms with van der Waals surface area (Å²) in [6.45, 7) is 0. The van der Waals surface area contributed by atoms with Crippen LogP contribution in [0.15, 0.2) is 53.9 Å². The third-order valence-electron chi connectivity index (χ3n) is 4.15. The summed E-state index contributed by atoms with van der Waals surface area (Å²) in [6.07, 6.45) is 4.53. The number of hydrogen-bond donors (Lipinski definition) is 3. The number of fused-ring (bicyclic) bond motifs is 3. The first-order valence-electron chi connectivity index (χ1n) is 8.05. The number of aromatic carboxylic acids is 1. The molecule has 0 aliphatic rings. The number of nitrogens with one attached hydrogen (secondary N) is 2. The predicted molar refractivity (Wildman–Crippen MR) is 101 cm³/mol. The first kappa shape index (κ1) is 17.8. The van der Waals surface area contributed by atoms with Gasteiger partial charge in [0.2, 0.25) is 10.0 Å². The zero-order valence-electron chi connectivity index (χ0n) is 14.5. The van der Waals surface area contributed by atoms with Gasteiger partial charge in [-0.05, 0) is 31.3 Å². The number of aromatic nitrogens is 4. The first-order valence-corrected chi connectivity index (χ1v) is 9.54. The summed E-state index contributed by atoms with van der Waals surface area (Å²) in [7, 11) is -2.28. The minimum atomic E-state index is -3.61. The third-order valence-corrected chi connectivity index (χ3v) is 5.57. The Hall–Kier alpha value is -3.57. The van der Waals surface area contributed by atoms with Crippen molar-refractivity contribution >= 4 is 44.0 Å². The van der Waals surface area contributed by atoms with Crippen molar-refractivity contribution in [3.63, 3.8) is 0 Å². The molecule has 0 aliphatic carbocycles. The molecule has 11 heteroatoms. The molecule has 142 valence electrons. The molecular weight excluding hydrogens is 384 g/mol. The number of rotatable bonds is 5. The standard InChI is InChI=1S/C17H14N6O4S/c1-18-28(26,27)11-4-2-3-10(7-11)21-15-12-5-6-19-8-13(12)23-9-20-14(17(24)25)16(23)22-15/h2-9,18H,1H3,(H,21,22)(H,24,25). The summed E-state index contributed by atoms with van der Waals surface area (Å²) in [5.74, 6) is -0.849. The lowest BCUT2D eigenvalue weighted by molar-refractivity contribution is 0.0693. The van der Waals surface area contributed by atoms with Crippen LogP contribution in [0.25, 0.3) is 16.6 Å². The monoisotopic (exact) mass is 398 g/mol. The number of carboxylic acids is 1. The van der Waals surface area contributed by atoms with Crippen LogP contribution in [0.4, 0.5) is 11.5 Å². The normalized spacial score (nSPS) is 11.8. The number of sulfonamides is 1. The van der Waals surface area contributed by atoms with Crippen molar-refractivity contribution in [3.05, 3.63) is 54.7 Å². The molecular formula is C17H14N6O4S. The van der Waals surface area contributed by atoms with Gasteiger partial charge in [0.25, 0.3) is 0 Å². The number of carboxylic acid groups (broad SMARTS) is 1. The van der Waals surface area contributed by atoms with Crippen molar-refractivity contribution in [1.82, 2.24) is 24.1 Å². The molecule has 0 radical (unpaired) electrons. The van der Waals surface area contributed by atoms with Gasteiger partial charge < -0.3 is 10.4 Å². The molecule has 0 saturated carbocycles. The number of anilines is 2. The Morgan fingerprint density at radius 1 is 1.25 bits per heavy atom. The van der Waals surface area contributed by atoms with Gasteiger partial charge in [0.05, 0.1) is 16.6 Å². The highest BCUT2D eigenvalue weighted by Crippen LogP contribution is 2.27. The molecule has 28 heavy (non-hydrogen) atoms. The zero-order valence-corrected chi connectivity index (χ0v) is 15.3. The van der Waals surface area contributed by atoms with Gasteiger partial charge in [-0.2, -0.15) is 0 Å². The molecule has 0 atom stereocenters. The maximum atomic E-state index is 12.0. The number of hydrogen-bond acceptors (Lipinski definition) is 7. The van der Waals surface area contributed by atoms with E-state index in [4.69, 9.17) is 0 Å². The van der Waals surface area contributed by atoms with Crippen LogP contribution in [0.2, 0.25) is 0 Å². The second-order valence-electron chi connectivity index (χ2n) is 5.81. The van der Waals surface area contributed by atoms with E-state index < -0.39 is 16.0 Å². The quantitative estimate of drug-likeness (QED) is 0.461. The maximum absolute atomic E-state index is 12.0. The highest BCUT2D eigenvalue weighted by atomic mass is 32.2. The SMILES string of the molecule is CNS(=O)(=O)c1cccc(Nc2nc3c(C(=O)O)ncn3c3cnccc23)c1. The van der Waals surface area contributed by atoms with Gasteiger partial charge in [0, 0.05) is 17.3 Å². The van der Waals surface area contributed by atoms with Crippen LogP contribution in [-0.2, 0) is 10.0 Å². The van der Waals surface area contributed by atoms with Crippen LogP contribution < -0.4 is 10.0 Å². The molecule has 10 nitrogen and oxygen atoms in total. The van der Waals surface area contributed by atoms with Crippen LogP contribution in [0.1, 0.15) is 10.5 Å². The predicted octanol–water partition coefficient (Wildman–Crippen LogP) is 1.63. The van der Waals surface area contributed by atoms with Gasteiger partial charge in [-0.3, -0.25) is 9.38 Å². The minimum absolute atomic E-state index is 0.0858. The van der Waals surface area contributed by atoms with Crippen molar-refractivity contribution in [3.8, 4) is 0 Å². The Bertz CT molecular complexity index is 1330. The van der Waals surface area contributed by atoms with E-state index in [2.05, 4.69) is 25.0 Å². The van der Waals surface area contributed by atoms with Crippen LogP contribution in [0.5, 0.6) is 0 Å². The van der Waals surface area contributed by atoms with Crippen LogP contribution in [-0.4, -0.2) is 45.9 Å². The minimum Gasteiger partial charge on any atom is -0.476 e. The number of nitrogens with zero attached hydrogens (tertiary/aromatic N) is 4. The van der Waals surface area contributed by atoms with Gasteiger partial charge in [-0.25, -0.2) is 27.9 Å². The number of pyridine rings is 1. The van der Waals surface area contributed by atoms with Crippen molar-refractivity contribution in [2.75, 3.05) is 12.4 Å². The van der Waals surface area contributed by atoms with Gasteiger partial charge in [-0.15, -0.1) is 0 Å². The van der Waals surface area contributed by atoms with E-state index in [0.29, 0.717) is 22.4 Å². The second-order valence-corrected chi connectivity index (χ2v) is 7.69. The molecule has 0 bridgehead atoms. The molecule has 1 aromatic carbocycles. The molecule has 0 fully saturated rings. The smallest absolute Gasteiger partial charge is 0.358 e. The maximum Gasteiger partial charge on any atom is 0.358 e. The number of carbonyl (C=O) groups is 1. The van der Waals surface area contributed by atoms with E-state index in [1.165, 1.54) is 25.5 Å². The average Bonchev–Trinajstić information content (AvgIpc) is 3.13. The lowest BCUT2D eigenvalue weighted by Crippen LogP contribution is -2.18. The van der Waals surface area contributed by atoms with E-state index >= 15 is 0 Å². The fourth-order valence-electron chi connectivity index (χ4n) is 2.81. The van der Waals surface area contributed by atoms with Gasteiger partial charge >= 0.3 is 5.97 Å². The molecule has 0 aliphatic heterocycles. The summed E-state index contributed by atoms with van der Waals surface area (Å²) in [4.78, 5) is 23.9. The van der Waals surface area contributed by atoms with E-state index in [-0.39, 0.29) is 16.2 Å². The van der Waals surface area contributed by atoms with Gasteiger partial charge in [0.15, 0.2) is 11.3 Å². The molecule has 3 N–H and O–H groups in total. The molecule has 0 unspecified atom stereocenters. The summed E-state index contributed by atoms with van der Waals surface area (Å²) in [5, 5.41) is 13.1. The fourth-order valence-corrected chi connectivity index (χ4v) is 3.59. The highest BCUT2D eigenvalue weighted by molar-refractivity contribution is 7.89. The molecule has 4 rings (SSSR count). The third kappa shape index (κ3) is 2.92. The lowest BCUT2D eigenvalue weighted by atomic mass is 10.2. The Morgan fingerprint density at radius 3 is 2.82 bits per heavy atom. The van der Waals surface area contributed by atoms with Gasteiger partial charge in [-0.1, -0.05) is 6.07 Å². The van der Waals surface area contributed by atoms with E-state index in [0.717, 1.165) is 0 Å². The number of benzene rings is 1. The van der Waals surface area contributed by atoms with Crippen LogP contribution >= 0.6 is 0 Å². The van der Waals surface area contributed by atoms with Crippen molar-refractivity contribution < 1.29 is 18.3 Å². The Kier molecular flexibility index (Phi) is 4.17. The summed E-state index contributed by atoms with van der Waals surface area (Å²) < 4.78 is 27.9. The second kappa shape index (κ2) is 6.55. The Labute approximate surface area is 158 Å². The largest absolute Gasteiger partial charge is 0.476 e. The molecule has 3 heterocycles. The molecule has 4 aromatic rings. The highest BCUT2D eigenvalue weighted by Gasteiger charge is 2.18. The van der Waals surface area contributed by atoms with Crippen molar-refractivity contribution in [2.24, 2.45) is 0 Å². The summed E-state index contributed by atoms with van der Waals surface area (Å²) in [5.41, 5.74) is 1.03. The molecule has 0 spiro atoms. The summed E-state index contributed by atoms with van der Waals surface area (Å²) >= 11 is 0. The average molecular weight is 398 g/mol. The Balaban J connectivity index is 1.90. The molecule has 0 amide bonds. The topological polar surface area (TPSA) is 139 Å². The molecule has 3 aromatic heterocycles. The first-order chi connectivity index (χ1) is 13.4. The van der Waals surface area contributed by atoms with Crippen molar-refractivity contribution in [2.45, 2.75) is 4.90 Å². The van der Waals surface area contributed by atoms with Crippen LogP contribution in [0.3, 0.4) is 0 Å². The van der Waals surface area contributed by atoms with E-state index in [9.17, 15) is 18.3 Å². The Morgan fingerprint density at radius 2 is 2.07 bits per heavy atom. The lowest BCUT2D eigenvalue weighted by Gasteiger charge is -2.12. The summed E-state index contributed by atoms with van der Waals surface area (Å²) in [6, 6.07) is 7.92. The number of imidazole rings is 1.